The number of anilines is 1. The van der Waals surface area contributed by atoms with E-state index in [9.17, 15) is 4.79 Å². The van der Waals surface area contributed by atoms with Gasteiger partial charge in [-0.15, -0.1) is 0 Å². The van der Waals surface area contributed by atoms with Crippen molar-refractivity contribution < 1.29 is 9.32 Å². The molecule has 0 bridgehead atoms. The van der Waals surface area contributed by atoms with Gasteiger partial charge in [0.2, 0.25) is 5.88 Å². The lowest BCUT2D eigenvalue weighted by atomic mass is 10.1. The fourth-order valence-electron chi connectivity index (χ4n) is 1.18. The second-order valence-corrected chi connectivity index (χ2v) is 3.86. The van der Waals surface area contributed by atoms with Crippen molar-refractivity contribution in [2.75, 3.05) is 5.73 Å². The third kappa shape index (κ3) is 1.92. The van der Waals surface area contributed by atoms with Gasteiger partial charge in [-0.05, 0) is 24.3 Å². The van der Waals surface area contributed by atoms with Gasteiger partial charge in [-0.3, -0.25) is 4.79 Å². The summed E-state index contributed by atoms with van der Waals surface area (Å²) in [6.45, 7) is 0. The summed E-state index contributed by atoms with van der Waals surface area (Å²) < 4.78 is 5.54. The predicted molar refractivity (Wildman–Crippen MR) is 58.5 cm³/mol. The molecule has 0 aliphatic heterocycles. The first-order valence-corrected chi connectivity index (χ1v) is 4.98. The van der Waals surface area contributed by atoms with Crippen LogP contribution in [0.1, 0.15) is 15.9 Å². The van der Waals surface area contributed by atoms with Crippen molar-refractivity contribution in [1.82, 2.24) is 5.16 Å². The number of benzene rings is 1. The van der Waals surface area contributed by atoms with Gasteiger partial charge in [-0.2, -0.15) is 0 Å². The van der Waals surface area contributed by atoms with Crippen molar-refractivity contribution >= 4 is 27.6 Å². The van der Waals surface area contributed by atoms with Crippen molar-refractivity contribution in [1.29, 1.82) is 0 Å². The first-order chi connectivity index (χ1) is 7.18. The quantitative estimate of drug-likeness (QED) is 0.847. The summed E-state index contributed by atoms with van der Waals surface area (Å²) in [6, 6.07) is 6.99. The molecular formula is C10H7BrN2O2. The van der Waals surface area contributed by atoms with E-state index in [-0.39, 0.29) is 17.2 Å². The molecule has 15 heavy (non-hydrogen) atoms. The molecule has 0 saturated carbocycles. The van der Waals surface area contributed by atoms with Gasteiger partial charge in [0.25, 0.3) is 0 Å². The molecule has 1 aromatic heterocycles. The van der Waals surface area contributed by atoms with Gasteiger partial charge in [-0.1, -0.05) is 21.1 Å². The van der Waals surface area contributed by atoms with Crippen LogP contribution in [0.25, 0.3) is 0 Å². The third-order valence-corrected chi connectivity index (χ3v) is 2.48. The van der Waals surface area contributed by atoms with Crippen LogP contribution in [0.4, 0.5) is 5.88 Å². The molecule has 0 radical (unpaired) electrons. The summed E-state index contributed by atoms with van der Waals surface area (Å²) in [7, 11) is 0. The van der Waals surface area contributed by atoms with Crippen LogP contribution in [-0.2, 0) is 0 Å². The number of nitrogens with two attached hydrogens (primary N) is 1. The lowest BCUT2D eigenvalue weighted by Gasteiger charge is -1.98. The summed E-state index contributed by atoms with van der Waals surface area (Å²) in [5, 5.41) is 3.46. The second-order valence-electron chi connectivity index (χ2n) is 2.94. The highest BCUT2D eigenvalue weighted by molar-refractivity contribution is 9.10. The molecule has 1 heterocycles. The van der Waals surface area contributed by atoms with Crippen molar-refractivity contribution in [3.05, 3.63) is 46.1 Å². The van der Waals surface area contributed by atoms with Gasteiger partial charge < -0.3 is 10.3 Å². The summed E-state index contributed by atoms with van der Waals surface area (Å²) in [5.41, 5.74) is 6.29. The van der Waals surface area contributed by atoms with Gasteiger partial charge in [0, 0.05) is 10.0 Å². The molecule has 1 aromatic carbocycles. The smallest absolute Gasteiger partial charge is 0.233 e. The van der Waals surface area contributed by atoms with E-state index < -0.39 is 0 Å². The Labute approximate surface area is 94.2 Å². The lowest BCUT2D eigenvalue weighted by Crippen LogP contribution is -2.02. The molecule has 0 spiro atoms. The number of aromatic nitrogens is 1. The number of halogens is 1. The Bertz CT molecular complexity index is 490. The molecule has 0 aliphatic carbocycles. The van der Waals surface area contributed by atoms with Gasteiger partial charge in [0.1, 0.15) is 5.56 Å². The average Bonchev–Trinajstić information content (AvgIpc) is 2.65. The Balaban J connectivity index is 2.37. The molecular weight excluding hydrogens is 260 g/mol. The second kappa shape index (κ2) is 3.86. The van der Waals surface area contributed by atoms with E-state index in [0.29, 0.717) is 5.56 Å². The van der Waals surface area contributed by atoms with Crippen molar-refractivity contribution in [2.24, 2.45) is 0 Å². The average molecular weight is 267 g/mol. The van der Waals surface area contributed by atoms with Crippen molar-refractivity contribution in [3.8, 4) is 0 Å². The minimum Gasteiger partial charge on any atom is -0.367 e. The SMILES string of the molecule is Nc1oncc1C(=O)c1ccc(Br)cc1. The zero-order chi connectivity index (χ0) is 10.8. The largest absolute Gasteiger partial charge is 0.367 e. The van der Waals surface area contributed by atoms with Crippen LogP contribution < -0.4 is 5.73 Å². The van der Waals surface area contributed by atoms with E-state index in [0.717, 1.165) is 4.47 Å². The Morgan fingerprint density at radius 3 is 2.53 bits per heavy atom. The lowest BCUT2D eigenvalue weighted by molar-refractivity contribution is 0.103. The maximum absolute atomic E-state index is 11.8. The van der Waals surface area contributed by atoms with E-state index in [1.165, 1.54) is 6.20 Å². The Hall–Kier alpha value is -1.62. The monoisotopic (exact) mass is 266 g/mol. The summed E-state index contributed by atoms with van der Waals surface area (Å²) >= 11 is 3.29. The number of carbonyl (C=O) groups is 1. The maximum Gasteiger partial charge on any atom is 0.233 e. The van der Waals surface area contributed by atoms with Crippen LogP contribution in [0.2, 0.25) is 0 Å². The number of hydrogen-bond acceptors (Lipinski definition) is 4. The summed E-state index contributed by atoms with van der Waals surface area (Å²) in [6.07, 6.45) is 1.32. The fourth-order valence-corrected chi connectivity index (χ4v) is 1.44. The van der Waals surface area contributed by atoms with Gasteiger partial charge in [-0.25, -0.2) is 0 Å². The van der Waals surface area contributed by atoms with Gasteiger partial charge in [0.05, 0.1) is 6.20 Å². The number of nitrogens with zero attached hydrogens (tertiary/aromatic N) is 1. The van der Waals surface area contributed by atoms with Crippen molar-refractivity contribution in [3.63, 3.8) is 0 Å². The zero-order valence-electron chi connectivity index (χ0n) is 7.61. The maximum atomic E-state index is 11.8. The molecule has 5 heteroatoms. The molecule has 2 aromatic rings. The highest BCUT2D eigenvalue weighted by Crippen LogP contribution is 2.17. The molecule has 0 amide bonds. The predicted octanol–water partition coefficient (Wildman–Crippen LogP) is 2.25. The number of hydrogen-bond donors (Lipinski definition) is 1. The first-order valence-electron chi connectivity index (χ1n) is 4.19. The van der Waals surface area contributed by atoms with Crippen LogP contribution in [0.5, 0.6) is 0 Å². The minimum atomic E-state index is -0.193. The Morgan fingerprint density at radius 2 is 2.00 bits per heavy atom. The minimum absolute atomic E-state index is 0.0444. The molecule has 0 fully saturated rings. The highest BCUT2D eigenvalue weighted by Gasteiger charge is 2.15. The van der Waals surface area contributed by atoms with E-state index in [1.54, 1.807) is 24.3 Å². The van der Waals surface area contributed by atoms with E-state index in [4.69, 9.17) is 5.73 Å². The molecule has 2 rings (SSSR count). The Morgan fingerprint density at radius 1 is 1.33 bits per heavy atom. The number of ketones is 1. The van der Waals surface area contributed by atoms with Gasteiger partial charge in [0.15, 0.2) is 5.78 Å². The molecule has 0 saturated heterocycles. The van der Waals surface area contributed by atoms with E-state index in [2.05, 4.69) is 25.6 Å². The number of carbonyl (C=O) groups excluding carboxylic acids is 1. The zero-order valence-corrected chi connectivity index (χ0v) is 9.19. The first kappa shape index (κ1) is 9.92. The summed E-state index contributed by atoms with van der Waals surface area (Å²) in [5.74, 6) is -0.149. The molecule has 4 nitrogen and oxygen atoms in total. The third-order valence-electron chi connectivity index (χ3n) is 1.95. The van der Waals surface area contributed by atoms with Crippen molar-refractivity contribution in [2.45, 2.75) is 0 Å². The fraction of sp³-hybridized carbons (Fsp3) is 0. The van der Waals surface area contributed by atoms with Crippen LogP contribution in [0, 0.1) is 0 Å². The van der Waals surface area contributed by atoms with Crippen LogP contribution >= 0.6 is 15.9 Å². The van der Waals surface area contributed by atoms with E-state index >= 15 is 0 Å². The number of nitrogen functional groups attached to an aromatic ring is 1. The normalized spacial score (nSPS) is 10.2. The van der Waals surface area contributed by atoms with E-state index in [1.807, 2.05) is 0 Å². The molecule has 76 valence electrons. The Kier molecular flexibility index (Phi) is 2.55. The highest BCUT2D eigenvalue weighted by atomic mass is 79.9. The molecule has 0 unspecified atom stereocenters. The van der Waals surface area contributed by atoms with Crippen LogP contribution in [0.15, 0.2) is 39.5 Å². The summed E-state index contributed by atoms with van der Waals surface area (Å²) in [4.78, 5) is 11.8. The molecule has 0 aliphatic rings. The van der Waals surface area contributed by atoms with Crippen LogP contribution in [-0.4, -0.2) is 10.9 Å². The molecule has 0 atom stereocenters. The van der Waals surface area contributed by atoms with Crippen LogP contribution in [0.3, 0.4) is 0 Å². The molecule has 2 N–H and O–H groups in total. The topological polar surface area (TPSA) is 69.1 Å². The number of rotatable bonds is 2. The standard InChI is InChI=1S/C10H7BrN2O2/c11-7-3-1-6(2-4-7)9(14)8-5-13-15-10(8)12/h1-5H,12H2. The van der Waals surface area contributed by atoms with Gasteiger partial charge >= 0.3 is 0 Å².